The van der Waals surface area contributed by atoms with E-state index in [1.807, 2.05) is 12.1 Å². The predicted molar refractivity (Wildman–Crippen MR) is 68.7 cm³/mol. The first kappa shape index (κ1) is 13.0. The van der Waals surface area contributed by atoms with E-state index in [1.165, 1.54) is 11.1 Å². The van der Waals surface area contributed by atoms with E-state index in [-0.39, 0.29) is 11.5 Å². The number of aryl methyl sites for hydroxylation is 1. The van der Waals surface area contributed by atoms with Crippen LogP contribution in [0.2, 0.25) is 0 Å². The fraction of sp³-hybridized carbons (Fsp3) is 0.571. The fourth-order valence-corrected chi connectivity index (χ4v) is 1.76. The molecule has 2 N–H and O–H groups in total. The van der Waals surface area contributed by atoms with Crippen LogP contribution in [0.15, 0.2) is 18.2 Å². The van der Waals surface area contributed by atoms with E-state index in [9.17, 15) is 0 Å². The molecule has 0 aromatic heterocycles. The van der Waals surface area contributed by atoms with E-state index in [4.69, 9.17) is 10.5 Å². The SMILES string of the molecule is CCC(C)(C)C(N)c1ccc(OC)cc1C. The van der Waals surface area contributed by atoms with E-state index in [0.29, 0.717) is 0 Å². The number of hydrogen-bond donors (Lipinski definition) is 1. The van der Waals surface area contributed by atoms with Crippen molar-refractivity contribution in [2.24, 2.45) is 11.1 Å². The largest absolute Gasteiger partial charge is 0.497 e. The van der Waals surface area contributed by atoms with Crippen LogP contribution in [0, 0.1) is 12.3 Å². The zero-order chi connectivity index (χ0) is 12.3. The molecular formula is C14H23NO. The van der Waals surface area contributed by atoms with Gasteiger partial charge in [-0.15, -0.1) is 0 Å². The number of methoxy groups -OCH3 is 1. The molecule has 0 aliphatic rings. The van der Waals surface area contributed by atoms with Gasteiger partial charge in [0.25, 0.3) is 0 Å². The molecule has 0 aliphatic carbocycles. The molecule has 0 spiro atoms. The average molecular weight is 221 g/mol. The predicted octanol–water partition coefficient (Wildman–Crippen LogP) is 3.44. The van der Waals surface area contributed by atoms with Gasteiger partial charge in [0.2, 0.25) is 0 Å². The molecule has 0 amide bonds. The smallest absolute Gasteiger partial charge is 0.119 e. The topological polar surface area (TPSA) is 35.2 Å². The van der Waals surface area contributed by atoms with Crippen LogP contribution in [0.4, 0.5) is 0 Å². The first-order valence-electron chi connectivity index (χ1n) is 5.82. The van der Waals surface area contributed by atoms with E-state index >= 15 is 0 Å². The van der Waals surface area contributed by atoms with Gasteiger partial charge in [0.05, 0.1) is 7.11 Å². The highest BCUT2D eigenvalue weighted by Crippen LogP contribution is 2.36. The molecule has 1 unspecified atom stereocenters. The molecule has 2 heteroatoms. The van der Waals surface area contributed by atoms with E-state index in [1.54, 1.807) is 7.11 Å². The Balaban J connectivity index is 3.05. The first-order valence-corrected chi connectivity index (χ1v) is 5.82. The van der Waals surface area contributed by atoms with Crippen LogP contribution in [-0.4, -0.2) is 7.11 Å². The minimum absolute atomic E-state index is 0.0726. The van der Waals surface area contributed by atoms with Gasteiger partial charge in [0, 0.05) is 6.04 Å². The van der Waals surface area contributed by atoms with Crippen molar-refractivity contribution in [1.82, 2.24) is 0 Å². The summed E-state index contributed by atoms with van der Waals surface area (Å²) in [5.74, 6) is 0.891. The number of nitrogens with two attached hydrogens (primary N) is 1. The molecule has 0 saturated carbocycles. The second-order valence-corrected chi connectivity index (χ2v) is 5.04. The Hall–Kier alpha value is -1.02. The van der Waals surface area contributed by atoms with Gasteiger partial charge < -0.3 is 10.5 Å². The second kappa shape index (κ2) is 4.88. The van der Waals surface area contributed by atoms with Crippen LogP contribution < -0.4 is 10.5 Å². The molecule has 1 aromatic rings. The van der Waals surface area contributed by atoms with Crippen LogP contribution in [0.25, 0.3) is 0 Å². The summed E-state index contributed by atoms with van der Waals surface area (Å²) in [6, 6.07) is 6.17. The Labute approximate surface area is 98.8 Å². The van der Waals surface area contributed by atoms with E-state index in [0.717, 1.165) is 12.2 Å². The van der Waals surface area contributed by atoms with Crippen molar-refractivity contribution < 1.29 is 4.74 Å². The fourth-order valence-electron chi connectivity index (χ4n) is 1.76. The molecule has 0 heterocycles. The summed E-state index contributed by atoms with van der Waals surface area (Å²) in [5.41, 5.74) is 8.88. The molecule has 0 radical (unpaired) electrons. The Morgan fingerprint density at radius 2 is 2.00 bits per heavy atom. The standard InChI is InChI=1S/C14H23NO/c1-6-14(3,4)13(15)12-8-7-11(16-5)9-10(12)2/h7-9,13H,6,15H2,1-5H3. The Bertz CT molecular complexity index is 358. The lowest BCUT2D eigenvalue weighted by Crippen LogP contribution is -2.29. The summed E-state index contributed by atoms with van der Waals surface area (Å²) in [7, 11) is 1.68. The normalized spacial score (nSPS) is 13.6. The van der Waals surface area contributed by atoms with Gasteiger partial charge in [-0.1, -0.05) is 26.8 Å². The van der Waals surface area contributed by atoms with Gasteiger partial charge >= 0.3 is 0 Å². The molecular weight excluding hydrogens is 198 g/mol. The summed E-state index contributed by atoms with van der Waals surface area (Å²) < 4.78 is 5.20. The highest BCUT2D eigenvalue weighted by Gasteiger charge is 2.26. The third-order valence-corrected chi connectivity index (χ3v) is 3.57. The van der Waals surface area contributed by atoms with Crippen LogP contribution in [-0.2, 0) is 0 Å². The summed E-state index contributed by atoms with van der Waals surface area (Å²) in [4.78, 5) is 0. The monoisotopic (exact) mass is 221 g/mol. The lowest BCUT2D eigenvalue weighted by molar-refractivity contribution is 0.277. The highest BCUT2D eigenvalue weighted by molar-refractivity contribution is 5.37. The maximum absolute atomic E-state index is 6.33. The van der Waals surface area contributed by atoms with Crippen molar-refractivity contribution in [3.8, 4) is 5.75 Å². The number of rotatable bonds is 4. The molecule has 2 nitrogen and oxygen atoms in total. The van der Waals surface area contributed by atoms with E-state index in [2.05, 4.69) is 33.8 Å². The zero-order valence-electron chi connectivity index (χ0n) is 11.0. The molecule has 1 rings (SSSR count). The molecule has 1 atom stereocenters. The van der Waals surface area contributed by atoms with Crippen LogP contribution >= 0.6 is 0 Å². The summed E-state index contributed by atoms with van der Waals surface area (Å²) in [6.07, 6.45) is 1.07. The molecule has 0 saturated heterocycles. The van der Waals surface area contributed by atoms with Gasteiger partial charge in [-0.2, -0.15) is 0 Å². The van der Waals surface area contributed by atoms with Gasteiger partial charge in [-0.25, -0.2) is 0 Å². The minimum atomic E-state index is 0.0726. The van der Waals surface area contributed by atoms with Crippen LogP contribution in [0.5, 0.6) is 5.75 Å². The molecule has 90 valence electrons. The Morgan fingerprint density at radius 1 is 1.38 bits per heavy atom. The number of hydrogen-bond acceptors (Lipinski definition) is 2. The second-order valence-electron chi connectivity index (χ2n) is 5.04. The van der Waals surface area contributed by atoms with Crippen molar-refractivity contribution >= 4 is 0 Å². The number of benzene rings is 1. The van der Waals surface area contributed by atoms with Crippen LogP contribution in [0.1, 0.15) is 44.4 Å². The molecule has 0 fully saturated rings. The average Bonchev–Trinajstić information content (AvgIpc) is 2.28. The van der Waals surface area contributed by atoms with Crippen molar-refractivity contribution in [3.05, 3.63) is 29.3 Å². The summed E-state index contributed by atoms with van der Waals surface area (Å²) >= 11 is 0. The third-order valence-electron chi connectivity index (χ3n) is 3.57. The van der Waals surface area contributed by atoms with Crippen molar-refractivity contribution in [2.75, 3.05) is 7.11 Å². The van der Waals surface area contributed by atoms with Crippen molar-refractivity contribution in [3.63, 3.8) is 0 Å². The summed E-state index contributed by atoms with van der Waals surface area (Å²) in [6.45, 7) is 8.69. The highest BCUT2D eigenvalue weighted by atomic mass is 16.5. The summed E-state index contributed by atoms with van der Waals surface area (Å²) in [5, 5.41) is 0. The van der Waals surface area contributed by atoms with Gasteiger partial charge in [0.15, 0.2) is 0 Å². The Kier molecular flexibility index (Phi) is 3.98. The van der Waals surface area contributed by atoms with E-state index < -0.39 is 0 Å². The first-order chi connectivity index (χ1) is 7.42. The zero-order valence-corrected chi connectivity index (χ0v) is 11.0. The van der Waals surface area contributed by atoms with Gasteiger partial charge in [-0.3, -0.25) is 0 Å². The molecule has 0 aliphatic heterocycles. The van der Waals surface area contributed by atoms with Gasteiger partial charge in [0.1, 0.15) is 5.75 Å². The lowest BCUT2D eigenvalue weighted by Gasteiger charge is -2.31. The molecule has 1 aromatic carbocycles. The Morgan fingerprint density at radius 3 is 2.44 bits per heavy atom. The van der Waals surface area contributed by atoms with Gasteiger partial charge in [-0.05, 0) is 42.0 Å². The maximum Gasteiger partial charge on any atom is 0.119 e. The molecule has 0 bridgehead atoms. The molecule has 16 heavy (non-hydrogen) atoms. The number of ether oxygens (including phenoxy) is 1. The minimum Gasteiger partial charge on any atom is -0.497 e. The quantitative estimate of drug-likeness (QED) is 0.845. The lowest BCUT2D eigenvalue weighted by atomic mass is 9.78. The maximum atomic E-state index is 6.33. The van der Waals surface area contributed by atoms with Crippen LogP contribution in [0.3, 0.4) is 0 Å². The van der Waals surface area contributed by atoms with Crippen molar-refractivity contribution in [1.29, 1.82) is 0 Å². The van der Waals surface area contributed by atoms with Crippen molar-refractivity contribution in [2.45, 2.75) is 40.2 Å². The third kappa shape index (κ3) is 2.56.